The molecular formula is C15H19NO. The van der Waals surface area contributed by atoms with E-state index in [1.54, 1.807) is 6.20 Å². The van der Waals surface area contributed by atoms with Crippen LogP contribution in [0.25, 0.3) is 10.8 Å². The van der Waals surface area contributed by atoms with Crippen LogP contribution in [-0.4, -0.2) is 10.1 Å². The second-order valence-electron chi connectivity index (χ2n) is 4.46. The van der Waals surface area contributed by atoms with Gasteiger partial charge in [-0.3, -0.25) is 4.98 Å². The zero-order valence-electron chi connectivity index (χ0n) is 10.3. The standard InChI is InChI=1S/C15H19NO/c1-2-3-4-8-15(17)14-7-5-6-12-11-16-10-9-13(12)14/h5-7,9-11,15,17H,2-4,8H2,1H3. The van der Waals surface area contributed by atoms with Gasteiger partial charge in [0.05, 0.1) is 6.10 Å². The molecule has 0 saturated heterocycles. The molecule has 1 N–H and O–H groups in total. The van der Waals surface area contributed by atoms with E-state index >= 15 is 0 Å². The van der Waals surface area contributed by atoms with Crippen LogP contribution in [0.2, 0.25) is 0 Å². The fourth-order valence-electron chi connectivity index (χ4n) is 2.18. The molecule has 1 aromatic heterocycles. The van der Waals surface area contributed by atoms with Crippen molar-refractivity contribution < 1.29 is 5.11 Å². The van der Waals surface area contributed by atoms with Crippen LogP contribution in [0.15, 0.2) is 36.7 Å². The molecule has 0 radical (unpaired) electrons. The SMILES string of the molecule is CCCCCC(O)c1cccc2cnccc12. The van der Waals surface area contributed by atoms with Gasteiger partial charge >= 0.3 is 0 Å². The number of rotatable bonds is 5. The van der Waals surface area contributed by atoms with Crippen LogP contribution in [-0.2, 0) is 0 Å². The van der Waals surface area contributed by atoms with Crippen molar-refractivity contribution in [3.63, 3.8) is 0 Å². The molecule has 2 aromatic rings. The Bertz CT molecular complexity index is 476. The Labute approximate surface area is 102 Å². The van der Waals surface area contributed by atoms with E-state index < -0.39 is 0 Å². The maximum absolute atomic E-state index is 10.2. The molecule has 0 amide bonds. The average Bonchev–Trinajstić information content (AvgIpc) is 2.38. The molecule has 0 aliphatic carbocycles. The minimum absolute atomic E-state index is 0.354. The van der Waals surface area contributed by atoms with Crippen LogP contribution in [0.5, 0.6) is 0 Å². The summed E-state index contributed by atoms with van der Waals surface area (Å²) in [7, 11) is 0. The summed E-state index contributed by atoms with van der Waals surface area (Å²) in [5, 5.41) is 12.4. The van der Waals surface area contributed by atoms with E-state index in [4.69, 9.17) is 0 Å². The quantitative estimate of drug-likeness (QED) is 0.790. The number of hydrogen-bond acceptors (Lipinski definition) is 2. The van der Waals surface area contributed by atoms with Crippen molar-refractivity contribution in [3.8, 4) is 0 Å². The zero-order chi connectivity index (χ0) is 12.1. The highest BCUT2D eigenvalue weighted by Gasteiger charge is 2.10. The van der Waals surface area contributed by atoms with Crippen LogP contribution < -0.4 is 0 Å². The number of pyridine rings is 1. The third-order valence-corrected chi connectivity index (χ3v) is 3.15. The van der Waals surface area contributed by atoms with Gasteiger partial charge in [-0.15, -0.1) is 0 Å². The molecule has 0 spiro atoms. The summed E-state index contributed by atoms with van der Waals surface area (Å²) in [5.41, 5.74) is 1.03. The van der Waals surface area contributed by atoms with Crippen LogP contribution in [0.3, 0.4) is 0 Å². The Hall–Kier alpha value is -1.41. The Morgan fingerprint density at radius 2 is 2.12 bits per heavy atom. The van der Waals surface area contributed by atoms with E-state index in [1.807, 2.05) is 30.5 Å². The first-order valence-electron chi connectivity index (χ1n) is 6.33. The Balaban J connectivity index is 2.22. The lowest BCUT2D eigenvalue weighted by Crippen LogP contribution is -1.98. The first-order valence-corrected chi connectivity index (χ1v) is 6.33. The largest absolute Gasteiger partial charge is 0.388 e. The lowest BCUT2D eigenvalue weighted by molar-refractivity contribution is 0.165. The van der Waals surface area contributed by atoms with Gasteiger partial charge in [-0.05, 0) is 23.4 Å². The maximum atomic E-state index is 10.2. The summed E-state index contributed by atoms with van der Waals surface area (Å²) in [6.07, 6.45) is 7.57. The predicted molar refractivity (Wildman–Crippen MR) is 70.8 cm³/mol. The number of fused-ring (bicyclic) bond motifs is 1. The molecule has 0 bridgehead atoms. The number of hydrogen-bond donors (Lipinski definition) is 1. The summed E-state index contributed by atoms with van der Waals surface area (Å²) in [4.78, 5) is 4.11. The van der Waals surface area contributed by atoms with Crippen LogP contribution in [0, 0.1) is 0 Å². The lowest BCUT2D eigenvalue weighted by atomic mass is 9.98. The molecule has 1 atom stereocenters. The van der Waals surface area contributed by atoms with E-state index in [2.05, 4.69) is 11.9 Å². The van der Waals surface area contributed by atoms with Crippen LogP contribution >= 0.6 is 0 Å². The first kappa shape index (κ1) is 12.1. The van der Waals surface area contributed by atoms with Gasteiger partial charge < -0.3 is 5.11 Å². The van der Waals surface area contributed by atoms with E-state index in [9.17, 15) is 5.11 Å². The van der Waals surface area contributed by atoms with Crippen molar-refractivity contribution in [1.29, 1.82) is 0 Å². The second-order valence-corrected chi connectivity index (χ2v) is 4.46. The summed E-state index contributed by atoms with van der Waals surface area (Å²) in [6, 6.07) is 8.01. The van der Waals surface area contributed by atoms with Gasteiger partial charge in [0.25, 0.3) is 0 Å². The van der Waals surface area contributed by atoms with Crippen molar-refractivity contribution in [1.82, 2.24) is 4.98 Å². The molecule has 0 aliphatic heterocycles. The highest BCUT2D eigenvalue weighted by atomic mass is 16.3. The summed E-state index contributed by atoms with van der Waals surface area (Å²) in [5.74, 6) is 0. The van der Waals surface area contributed by atoms with E-state index in [0.29, 0.717) is 0 Å². The van der Waals surface area contributed by atoms with Gasteiger partial charge in [-0.1, -0.05) is 44.4 Å². The number of unbranched alkanes of at least 4 members (excludes halogenated alkanes) is 2. The number of benzene rings is 1. The number of aromatic nitrogens is 1. The minimum atomic E-state index is -0.354. The molecular weight excluding hydrogens is 210 g/mol. The fraction of sp³-hybridized carbons (Fsp3) is 0.400. The van der Waals surface area contributed by atoms with E-state index in [0.717, 1.165) is 29.2 Å². The molecule has 90 valence electrons. The van der Waals surface area contributed by atoms with Crippen molar-refractivity contribution in [2.45, 2.75) is 38.7 Å². The van der Waals surface area contributed by atoms with Crippen molar-refractivity contribution in [2.24, 2.45) is 0 Å². The van der Waals surface area contributed by atoms with Crippen LogP contribution in [0.1, 0.15) is 44.3 Å². The fourth-order valence-corrected chi connectivity index (χ4v) is 2.18. The predicted octanol–water partition coefficient (Wildman–Crippen LogP) is 3.85. The van der Waals surface area contributed by atoms with E-state index in [1.165, 1.54) is 12.8 Å². The molecule has 2 nitrogen and oxygen atoms in total. The number of aliphatic hydroxyl groups excluding tert-OH is 1. The Morgan fingerprint density at radius 3 is 2.94 bits per heavy atom. The van der Waals surface area contributed by atoms with Gasteiger partial charge in [0.1, 0.15) is 0 Å². The second kappa shape index (κ2) is 5.78. The number of aliphatic hydroxyl groups is 1. The minimum Gasteiger partial charge on any atom is -0.388 e. The Kier molecular flexibility index (Phi) is 4.10. The molecule has 0 fully saturated rings. The summed E-state index contributed by atoms with van der Waals surface area (Å²) in [6.45, 7) is 2.18. The molecule has 2 heteroatoms. The molecule has 1 aromatic carbocycles. The van der Waals surface area contributed by atoms with Gasteiger partial charge in [-0.2, -0.15) is 0 Å². The van der Waals surface area contributed by atoms with Gasteiger partial charge in [-0.25, -0.2) is 0 Å². The molecule has 1 heterocycles. The molecule has 2 rings (SSSR count). The third kappa shape index (κ3) is 2.83. The molecule has 0 aliphatic rings. The monoisotopic (exact) mass is 229 g/mol. The summed E-state index contributed by atoms with van der Waals surface area (Å²) < 4.78 is 0. The number of nitrogens with zero attached hydrogens (tertiary/aromatic N) is 1. The zero-order valence-corrected chi connectivity index (χ0v) is 10.3. The average molecular weight is 229 g/mol. The van der Waals surface area contributed by atoms with Crippen molar-refractivity contribution in [3.05, 3.63) is 42.2 Å². The maximum Gasteiger partial charge on any atom is 0.0796 e. The smallest absolute Gasteiger partial charge is 0.0796 e. The normalized spacial score (nSPS) is 12.8. The topological polar surface area (TPSA) is 33.1 Å². The lowest BCUT2D eigenvalue weighted by Gasteiger charge is -2.13. The summed E-state index contributed by atoms with van der Waals surface area (Å²) >= 11 is 0. The van der Waals surface area contributed by atoms with Gasteiger partial charge in [0.15, 0.2) is 0 Å². The highest BCUT2D eigenvalue weighted by molar-refractivity contribution is 5.85. The van der Waals surface area contributed by atoms with Crippen molar-refractivity contribution in [2.75, 3.05) is 0 Å². The van der Waals surface area contributed by atoms with Crippen molar-refractivity contribution >= 4 is 10.8 Å². The highest BCUT2D eigenvalue weighted by Crippen LogP contribution is 2.26. The Morgan fingerprint density at radius 1 is 1.24 bits per heavy atom. The molecule has 0 saturated carbocycles. The third-order valence-electron chi connectivity index (χ3n) is 3.15. The molecule has 17 heavy (non-hydrogen) atoms. The first-order chi connectivity index (χ1) is 8.33. The molecule has 1 unspecified atom stereocenters. The van der Waals surface area contributed by atoms with Crippen LogP contribution in [0.4, 0.5) is 0 Å². The van der Waals surface area contributed by atoms with Gasteiger partial charge in [0, 0.05) is 17.8 Å². The van der Waals surface area contributed by atoms with Gasteiger partial charge in [0.2, 0.25) is 0 Å². The van der Waals surface area contributed by atoms with E-state index in [-0.39, 0.29) is 6.10 Å².